The Morgan fingerprint density at radius 2 is 2.10 bits per heavy atom. The molecular weight excluding hydrogens is 386 g/mol. The summed E-state index contributed by atoms with van der Waals surface area (Å²) in [5.41, 5.74) is 2.93. The largest absolute Gasteiger partial charge is 0.493 e. The average Bonchev–Trinajstić information content (AvgIpc) is 3.26. The maximum atomic E-state index is 12.9. The van der Waals surface area contributed by atoms with Crippen molar-refractivity contribution in [2.75, 3.05) is 12.4 Å². The highest BCUT2D eigenvalue weighted by Crippen LogP contribution is 2.25. The average molecular weight is 405 g/mol. The fourth-order valence-electron chi connectivity index (χ4n) is 2.94. The molecule has 6 nitrogen and oxygen atoms in total. The molecular formula is C22H19N3O3S. The van der Waals surface area contributed by atoms with E-state index < -0.39 is 0 Å². The van der Waals surface area contributed by atoms with E-state index in [1.54, 1.807) is 24.8 Å². The number of para-hydroxylation sites is 1. The Labute approximate surface area is 171 Å². The number of amides is 1. The lowest BCUT2D eigenvalue weighted by atomic mass is 10.1. The standard InChI is InChI=1S/C22H19N3O3S/c1-3-14-6-4-8-16(12-14)24-21-17(20(26)25-22-23-10-11-29-22)13-15-7-5-9-18(27-2)19(15)28-21/h4-13H,3H2,1-2H3,(H,23,25,26). The van der Waals surface area contributed by atoms with Crippen molar-refractivity contribution in [3.63, 3.8) is 0 Å². The zero-order valence-corrected chi connectivity index (χ0v) is 16.8. The predicted octanol–water partition coefficient (Wildman–Crippen LogP) is 4.95. The molecule has 4 rings (SSSR count). The quantitative estimate of drug-likeness (QED) is 0.510. The molecule has 0 unspecified atom stereocenters. The minimum atomic E-state index is -0.334. The van der Waals surface area contributed by atoms with Gasteiger partial charge in [-0.15, -0.1) is 11.3 Å². The number of thiazole rings is 1. The number of benzene rings is 2. The third-order valence-corrected chi connectivity index (χ3v) is 5.09. The van der Waals surface area contributed by atoms with Crippen molar-refractivity contribution in [3.05, 3.63) is 76.8 Å². The molecule has 0 saturated carbocycles. The fraction of sp³-hybridized carbons (Fsp3) is 0.136. The highest BCUT2D eigenvalue weighted by molar-refractivity contribution is 7.13. The van der Waals surface area contributed by atoms with E-state index >= 15 is 0 Å². The van der Waals surface area contributed by atoms with Crippen molar-refractivity contribution in [1.29, 1.82) is 0 Å². The van der Waals surface area contributed by atoms with Gasteiger partial charge in [-0.2, -0.15) is 0 Å². The molecule has 2 heterocycles. The van der Waals surface area contributed by atoms with Gasteiger partial charge in [-0.1, -0.05) is 31.2 Å². The van der Waals surface area contributed by atoms with E-state index in [2.05, 4.69) is 22.2 Å². The summed E-state index contributed by atoms with van der Waals surface area (Å²) >= 11 is 1.35. The molecule has 1 amide bonds. The summed E-state index contributed by atoms with van der Waals surface area (Å²) in [6, 6.07) is 15.1. The Kier molecular flexibility index (Phi) is 5.39. The van der Waals surface area contributed by atoms with E-state index in [0.29, 0.717) is 27.7 Å². The first kappa shape index (κ1) is 18.9. The van der Waals surface area contributed by atoms with Gasteiger partial charge >= 0.3 is 0 Å². The van der Waals surface area contributed by atoms with E-state index in [0.717, 1.165) is 17.4 Å². The maximum Gasteiger partial charge on any atom is 0.262 e. The maximum absolute atomic E-state index is 12.9. The number of rotatable bonds is 5. The number of carbonyl (C=O) groups is 1. The lowest BCUT2D eigenvalue weighted by Crippen LogP contribution is -2.21. The smallest absolute Gasteiger partial charge is 0.262 e. The number of carbonyl (C=O) groups excluding carboxylic acids is 1. The van der Waals surface area contributed by atoms with Crippen LogP contribution in [0.5, 0.6) is 5.75 Å². The van der Waals surface area contributed by atoms with Crippen LogP contribution in [-0.4, -0.2) is 18.0 Å². The minimum Gasteiger partial charge on any atom is -0.493 e. The van der Waals surface area contributed by atoms with Gasteiger partial charge in [0.15, 0.2) is 16.5 Å². The fourth-order valence-corrected chi connectivity index (χ4v) is 3.47. The summed E-state index contributed by atoms with van der Waals surface area (Å²) in [5.74, 6) is 0.243. The number of aromatic nitrogens is 1. The zero-order chi connectivity index (χ0) is 20.2. The Morgan fingerprint density at radius 3 is 2.86 bits per heavy atom. The van der Waals surface area contributed by atoms with Gasteiger partial charge in [-0.05, 0) is 36.2 Å². The number of ether oxygens (including phenoxy) is 1. The molecule has 1 N–H and O–H groups in total. The van der Waals surface area contributed by atoms with E-state index in [1.807, 2.05) is 42.5 Å². The van der Waals surface area contributed by atoms with E-state index in [1.165, 1.54) is 11.3 Å². The Hall–Kier alpha value is -3.45. The molecule has 2 aromatic carbocycles. The van der Waals surface area contributed by atoms with Gasteiger partial charge in [0.2, 0.25) is 5.55 Å². The SMILES string of the molecule is CCc1cccc(N=c2oc3c(OC)cccc3cc2C(=O)Nc2nccs2)c1. The van der Waals surface area contributed by atoms with Crippen molar-refractivity contribution in [1.82, 2.24) is 4.98 Å². The van der Waals surface area contributed by atoms with Crippen LogP contribution in [0.25, 0.3) is 11.0 Å². The number of aryl methyl sites for hydroxylation is 1. The summed E-state index contributed by atoms with van der Waals surface area (Å²) in [5, 5.41) is 5.85. The summed E-state index contributed by atoms with van der Waals surface area (Å²) in [6.45, 7) is 2.08. The Bertz CT molecular complexity index is 1230. The molecule has 0 bridgehead atoms. The van der Waals surface area contributed by atoms with Gasteiger partial charge in [0.05, 0.1) is 12.8 Å². The van der Waals surface area contributed by atoms with Gasteiger partial charge in [0.25, 0.3) is 5.91 Å². The molecule has 7 heteroatoms. The van der Waals surface area contributed by atoms with Crippen molar-refractivity contribution in [2.24, 2.45) is 4.99 Å². The van der Waals surface area contributed by atoms with Crippen LogP contribution in [0.15, 0.2) is 69.5 Å². The van der Waals surface area contributed by atoms with Gasteiger partial charge in [0.1, 0.15) is 5.56 Å². The van der Waals surface area contributed by atoms with Crippen LogP contribution < -0.4 is 15.6 Å². The van der Waals surface area contributed by atoms with Gasteiger partial charge in [-0.3, -0.25) is 10.1 Å². The summed E-state index contributed by atoms with van der Waals surface area (Å²) in [4.78, 5) is 21.7. The van der Waals surface area contributed by atoms with Crippen molar-refractivity contribution >= 4 is 39.0 Å². The van der Waals surface area contributed by atoms with Crippen LogP contribution in [-0.2, 0) is 6.42 Å². The van der Waals surface area contributed by atoms with Crippen LogP contribution in [0.3, 0.4) is 0 Å². The molecule has 0 atom stereocenters. The lowest BCUT2D eigenvalue weighted by molar-refractivity contribution is 0.102. The monoisotopic (exact) mass is 405 g/mol. The summed E-state index contributed by atoms with van der Waals surface area (Å²) < 4.78 is 11.5. The van der Waals surface area contributed by atoms with Crippen LogP contribution in [0.4, 0.5) is 10.8 Å². The van der Waals surface area contributed by atoms with E-state index in [9.17, 15) is 4.79 Å². The number of hydrogen-bond donors (Lipinski definition) is 1. The molecule has 0 aliphatic rings. The van der Waals surface area contributed by atoms with Crippen molar-refractivity contribution in [3.8, 4) is 5.75 Å². The molecule has 29 heavy (non-hydrogen) atoms. The third kappa shape index (κ3) is 4.05. The number of fused-ring (bicyclic) bond motifs is 1. The van der Waals surface area contributed by atoms with Crippen LogP contribution in [0.1, 0.15) is 22.8 Å². The molecule has 0 fully saturated rings. The second kappa shape index (κ2) is 8.28. The highest BCUT2D eigenvalue weighted by atomic mass is 32.1. The van der Waals surface area contributed by atoms with Crippen LogP contribution in [0.2, 0.25) is 0 Å². The minimum absolute atomic E-state index is 0.212. The first-order chi connectivity index (χ1) is 14.2. The number of nitrogens with one attached hydrogen (secondary N) is 1. The van der Waals surface area contributed by atoms with Gasteiger partial charge in [-0.25, -0.2) is 9.98 Å². The molecule has 0 saturated heterocycles. The topological polar surface area (TPSA) is 76.7 Å². The first-order valence-corrected chi connectivity index (χ1v) is 10.0. The van der Waals surface area contributed by atoms with Gasteiger partial charge < -0.3 is 9.15 Å². The molecule has 4 aromatic rings. The predicted molar refractivity (Wildman–Crippen MR) is 114 cm³/mol. The number of methoxy groups -OCH3 is 1. The van der Waals surface area contributed by atoms with Crippen molar-refractivity contribution in [2.45, 2.75) is 13.3 Å². The van der Waals surface area contributed by atoms with Crippen LogP contribution >= 0.6 is 11.3 Å². The molecule has 2 aromatic heterocycles. The van der Waals surface area contributed by atoms with E-state index in [-0.39, 0.29) is 11.5 Å². The Balaban J connectivity index is 1.91. The molecule has 0 spiro atoms. The summed E-state index contributed by atoms with van der Waals surface area (Å²) in [6.07, 6.45) is 2.53. The zero-order valence-electron chi connectivity index (χ0n) is 16.0. The molecule has 0 aliphatic carbocycles. The summed E-state index contributed by atoms with van der Waals surface area (Å²) in [7, 11) is 1.58. The normalized spacial score (nSPS) is 11.6. The molecule has 146 valence electrons. The first-order valence-electron chi connectivity index (χ1n) is 9.13. The Morgan fingerprint density at radius 1 is 1.24 bits per heavy atom. The number of nitrogens with zero attached hydrogens (tertiary/aromatic N) is 2. The molecule has 0 aliphatic heterocycles. The third-order valence-electron chi connectivity index (χ3n) is 4.41. The highest BCUT2D eigenvalue weighted by Gasteiger charge is 2.16. The number of anilines is 1. The van der Waals surface area contributed by atoms with Crippen molar-refractivity contribution < 1.29 is 13.9 Å². The second-order valence-corrected chi connectivity index (χ2v) is 7.17. The molecule has 0 radical (unpaired) electrons. The van der Waals surface area contributed by atoms with E-state index in [4.69, 9.17) is 9.15 Å². The van der Waals surface area contributed by atoms with Crippen LogP contribution in [0, 0.1) is 0 Å². The van der Waals surface area contributed by atoms with Gasteiger partial charge in [0, 0.05) is 17.0 Å². The lowest BCUT2D eigenvalue weighted by Gasteiger charge is -2.08. The number of hydrogen-bond acceptors (Lipinski definition) is 6. The second-order valence-electron chi connectivity index (χ2n) is 6.27.